The SMILES string of the molecule is O=C(Nc1cccc(-n2cccn2)c1)c1ccc(COc2ccccc2)cc1. The van der Waals surface area contributed by atoms with Gasteiger partial charge in [-0.1, -0.05) is 36.4 Å². The largest absolute Gasteiger partial charge is 0.489 e. The molecule has 1 aromatic heterocycles. The molecule has 1 N–H and O–H groups in total. The van der Waals surface area contributed by atoms with E-state index < -0.39 is 0 Å². The van der Waals surface area contributed by atoms with Gasteiger partial charge < -0.3 is 10.1 Å². The minimum Gasteiger partial charge on any atom is -0.489 e. The molecule has 0 fully saturated rings. The average molecular weight is 369 g/mol. The molecule has 4 aromatic rings. The van der Waals surface area contributed by atoms with Gasteiger partial charge in [-0.2, -0.15) is 5.10 Å². The number of aromatic nitrogens is 2. The van der Waals surface area contributed by atoms with Gasteiger partial charge in [-0.25, -0.2) is 4.68 Å². The van der Waals surface area contributed by atoms with Crippen LogP contribution in [0.2, 0.25) is 0 Å². The van der Waals surface area contributed by atoms with Gasteiger partial charge in [0.2, 0.25) is 0 Å². The van der Waals surface area contributed by atoms with E-state index >= 15 is 0 Å². The van der Waals surface area contributed by atoms with Crippen LogP contribution < -0.4 is 10.1 Å². The Morgan fingerprint density at radius 2 is 1.75 bits per heavy atom. The number of rotatable bonds is 6. The van der Waals surface area contributed by atoms with E-state index in [1.165, 1.54) is 0 Å². The highest BCUT2D eigenvalue weighted by Gasteiger charge is 2.07. The molecule has 0 radical (unpaired) electrons. The second-order valence-corrected chi connectivity index (χ2v) is 6.25. The molecule has 0 atom stereocenters. The third-order valence-corrected chi connectivity index (χ3v) is 4.24. The predicted molar refractivity (Wildman–Crippen MR) is 109 cm³/mol. The molecule has 1 heterocycles. The summed E-state index contributed by atoms with van der Waals surface area (Å²) in [6.07, 6.45) is 3.57. The van der Waals surface area contributed by atoms with Crippen molar-refractivity contribution in [2.24, 2.45) is 0 Å². The van der Waals surface area contributed by atoms with Crippen LogP contribution in [0.25, 0.3) is 5.69 Å². The lowest BCUT2D eigenvalue weighted by Crippen LogP contribution is -2.12. The van der Waals surface area contributed by atoms with E-state index in [-0.39, 0.29) is 5.91 Å². The number of amides is 1. The summed E-state index contributed by atoms with van der Waals surface area (Å²) < 4.78 is 7.48. The summed E-state index contributed by atoms with van der Waals surface area (Å²) in [4.78, 5) is 12.5. The Morgan fingerprint density at radius 1 is 0.929 bits per heavy atom. The number of carbonyl (C=O) groups is 1. The van der Waals surface area contributed by atoms with E-state index in [4.69, 9.17) is 4.74 Å². The van der Waals surface area contributed by atoms with Gasteiger partial charge in [-0.05, 0) is 54.1 Å². The van der Waals surface area contributed by atoms with Gasteiger partial charge in [-0.3, -0.25) is 4.79 Å². The third-order valence-electron chi connectivity index (χ3n) is 4.24. The molecule has 1 amide bonds. The number of hydrogen-bond donors (Lipinski definition) is 1. The summed E-state index contributed by atoms with van der Waals surface area (Å²) in [6, 6.07) is 26.5. The zero-order valence-corrected chi connectivity index (χ0v) is 15.2. The normalized spacial score (nSPS) is 10.4. The van der Waals surface area contributed by atoms with Crippen molar-refractivity contribution >= 4 is 11.6 Å². The summed E-state index contributed by atoms with van der Waals surface area (Å²) in [7, 11) is 0. The van der Waals surface area contributed by atoms with Crippen LogP contribution in [-0.4, -0.2) is 15.7 Å². The van der Waals surface area contributed by atoms with E-state index in [0.717, 1.165) is 22.7 Å². The van der Waals surface area contributed by atoms with Crippen molar-refractivity contribution in [2.45, 2.75) is 6.61 Å². The predicted octanol–water partition coefficient (Wildman–Crippen LogP) is 4.70. The molecule has 4 rings (SSSR count). The monoisotopic (exact) mass is 369 g/mol. The second kappa shape index (κ2) is 8.22. The summed E-state index contributed by atoms with van der Waals surface area (Å²) in [6.45, 7) is 0.456. The lowest BCUT2D eigenvalue weighted by Gasteiger charge is -2.09. The molecule has 0 unspecified atom stereocenters. The first kappa shape index (κ1) is 17.5. The fourth-order valence-corrected chi connectivity index (χ4v) is 2.79. The van der Waals surface area contributed by atoms with Crippen molar-refractivity contribution < 1.29 is 9.53 Å². The highest BCUT2D eigenvalue weighted by molar-refractivity contribution is 6.04. The second-order valence-electron chi connectivity index (χ2n) is 6.25. The molecule has 0 saturated heterocycles. The Morgan fingerprint density at radius 3 is 2.50 bits per heavy atom. The first-order chi connectivity index (χ1) is 13.8. The van der Waals surface area contributed by atoms with Gasteiger partial charge in [0.15, 0.2) is 0 Å². The lowest BCUT2D eigenvalue weighted by atomic mass is 10.1. The van der Waals surface area contributed by atoms with Crippen molar-refractivity contribution in [3.63, 3.8) is 0 Å². The van der Waals surface area contributed by atoms with Crippen molar-refractivity contribution in [1.82, 2.24) is 9.78 Å². The van der Waals surface area contributed by atoms with Crippen molar-refractivity contribution in [2.75, 3.05) is 5.32 Å². The van der Waals surface area contributed by atoms with Gasteiger partial charge >= 0.3 is 0 Å². The van der Waals surface area contributed by atoms with Crippen LogP contribution in [0.3, 0.4) is 0 Å². The number of carbonyl (C=O) groups excluding carboxylic acids is 1. The van der Waals surface area contributed by atoms with Gasteiger partial charge in [0, 0.05) is 23.6 Å². The first-order valence-electron chi connectivity index (χ1n) is 8.96. The van der Waals surface area contributed by atoms with Crippen molar-refractivity contribution in [1.29, 1.82) is 0 Å². The number of nitrogens with one attached hydrogen (secondary N) is 1. The topological polar surface area (TPSA) is 56.2 Å². The molecule has 0 spiro atoms. The van der Waals surface area contributed by atoms with Crippen LogP contribution in [0.1, 0.15) is 15.9 Å². The number of para-hydroxylation sites is 1. The van der Waals surface area contributed by atoms with E-state index in [1.807, 2.05) is 79.0 Å². The van der Waals surface area contributed by atoms with Gasteiger partial charge in [-0.15, -0.1) is 0 Å². The zero-order chi connectivity index (χ0) is 19.2. The molecule has 0 aliphatic heterocycles. The Hall–Kier alpha value is -3.86. The van der Waals surface area contributed by atoms with Gasteiger partial charge in [0.25, 0.3) is 5.91 Å². The van der Waals surface area contributed by atoms with Gasteiger partial charge in [0.1, 0.15) is 12.4 Å². The minimum absolute atomic E-state index is 0.159. The van der Waals surface area contributed by atoms with E-state index in [2.05, 4.69) is 10.4 Å². The molecule has 0 bridgehead atoms. The van der Waals surface area contributed by atoms with Crippen LogP contribution >= 0.6 is 0 Å². The Bertz CT molecular complexity index is 1040. The molecule has 0 saturated carbocycles. The van der Waals surface area contributed by atoms with Gasteiger partial charge in [0.05, 0.1) is 5.69 Å². The van der Waals surface area contributed by atoms with E-state index in [9.17, 15) is 4.79 Å². The van der Waals surface area contributed by atoms with Crippen molar-refractivity contribution in [3.8, 4) is 11.4 Å². The summed E-state index contributed by atoms with van der Waals surface area (Å²) in [5, 5.41) is 7.13. The number of benzene rings is 3. The van der Waals surface area contributed by atoms with Crippen LogP contribution in [-0.2, 0) is 6.61 Å². The van der Waals surface area contributed by atoms with Crippen molar-refractivity contribution in [3.05, 3.63) is 108 Å². The molecule has 0 aliphatic rings. The molecule has 28 heavy (non-hydrogen) atoms. The third kappa shape index (κ3) is 4.27. The van der Waals surface area contributed by atoms with E-state index in [1.54, 1.807) is 23.0 Å². The number of nitrogens with zero attached hydrogens (tertiary/aromatic N) is 2. The number of anilines is 1. The number of hydrogen-bond acceptors (Lipinski definition) is 3. The number of ether oxygens (including phenoxy) is 1. The molecule has 5 nitrogen and oxygen atoms in total. The maximum Gasteiger partial charge on any atom is 0.255 e. The lowest BCUT2D eigenvalue weighted by molar-refractivity contribution is 0.102. The summed E-state index contributed by atoms with van der Waals surface area (Å²) in [5.41, 5.74) is 3.19. The Balaban J connectivity index is 1.39. The highest BCUT2D eigenvalue weighted by atomic mass is 16.5. The molecule has 0 aliphatic carbocycles. The standard InChI is InChI=1S/C23H19N3O2/c27-23(25-20-6-4-7-21(16-20)26-15-5-14-24-26)19-12-10-18(11-13-19)17-28-22-8-2-1-3-9-22/h1-16H,17H2,(H,25,27). The summed E-state index contributed by atoms with van der Waals surface area (Å²) >= 11 is 0. The fourth-order valence-electron chi connectivity index (χ4n) is 2.79. The van der Waals surface area contributed by atoms with Crippen LogP contribution in [0, 0.1) is 0 Å². The van der Waals surface area contributed by atoms with E-state index in [0.29, 0.717) is 12.2 Å². The zero-order valence-electron chi connectivity index (χ0n) is 15.2. The average Bonchev–Trinajstić information content (AvgIpc) is 3.29. The highest BCUT2D eigenvalue weighted by Crippen LogP contribution is 2.16. The van der Waals surface area contributed by atoms with Crippen LogP contribution in [0.5, 0.6) is 5.75 Å². The molecule has 3 aromatic carbocycles. The smallest absolute Gasteiger partial charge is 0.255 e. The fraction of sp³-hybridized carbons (Fsp3) is 0.0435. The molecular formula is C23H19N3O2. The van der Waals surface area contributed by atoms with Crippen LogP contribution in [0.4, 0.5) is 5.69 Å². The Kier molecular flexibility index (Phi) is 5.15. The molecular weight excluding hydrogens is 350 g/mol. The summed E-state index contributed by atoms with van der Waals surface area (Å²) in [5.74, 6) is 0.662. The maximum atomic E-state index is 12.5. The Labute approximate surface area is 163 Å². The van der Waals surface area contributed by atoms with Crippen LogP contribution in [0.15, 0.2) is 97.3 Å². The first-order valence-corrected chi connectivity index (χ1v) is 8.96. The quantitative estimate of drug-likeness (QED) is 0.536. The molecule has 5 heteroatoms. The minimum atomic E-state index is -0.159. The maximum absolute atomic E-state index is 12.5. The molecule has 138 valence electrons.